The largest absolute Gasteiger partial charge is 1.00 e. The summed E-state index contributed by atoms with van der Waals surface area (Å²) in [7, 11) is 0. The molecule has 0 saturated heterocycles. The van der Waals surface area contributed by atoms with Crippen LogP contribution in [0.5, 0.6) is 0 Å². The maximum absolute atomic E-state index is 11.8. The van der Waals surface area contributed by atoms with E-state index in [1.54, 1.807) is 12.1 Å². The predicted octanol–water partition coefficient (Wildman–Crippen LogP) is -3.78. The Morgan fingerprint density at radius 1 is 1.17 bits per heavy atom. The second-order valence-electron chi connectivity index (χ2n) is 2.97. The van der Waals surface area contributed by atoms with E-state index >= 15 is 0 Å². The van der Waals surface area contributed by atoms with Gasteiger partial charge in [0.25, 0.3) is 5.91 Å². The summed E-state index contributed by atoms with van der Waals surface area (Å²) in [5.74, 6) is -0.296. The van der Waals surface area contributed by atoms with E-state index in [-0.39, 0.29) is 70.0 Å². The maximum atomic E-state index is 11.8. The van der Waals surface area contributed by atoms with Gasteiger partial charge in [-0.25, -0.2) is 0 Å². The van der Waals surface area contributed by atoms with Crippen molar-refractivity contribution in [2.45, 2.75) is 9.24 Å². The van der Waals surface area contributed by atoms with Crippen LogP contribution in [0.25, 0.3) is 0 Å². The number of hydrogen-bond acceptors (Lipinski definition) is 5. The monoisotopic (exact) mass is 312 g/mol. The summed E-state index contributed by atoms with van der Waals surface area (Å²) in [5, 5.41) is 2.99. The third kappa shape index (κ3) is 4.70. The van der Waals surface area contributed by atoms with Gasteiger partial charge >= 0.3 is 59.1 Å². The minimum Gasteiger partial charge on any atom is -0.760 e. The molecular weight excluding hydrogens is 306 g/mol. The number of amides is 1. The van der Waals surface area contributed by atoms with Crippen LogP contribution in [0, 0.1) is 0 Å². The van der Waals surface area contributed by atoms with E-state index in [0.29, 0.717) is 15.5 Å². The fraction of sp³-hybridized carbons (Fsp3) is 0. The molecule has 0 spiro atoms. The minimum atomic E-state index is -0.296. The molecule has 18 heavy (non-hydrogen) atoms. The van der Waals surface area contributed by atoms with Gasteiger partial charge in [-0.2, -0.15) is 0 Å². The summed E-state index contributed by atoms with van der Waals surface area (Å²) < 4.78 is 4.30. The molecule has 1 N–H and O–H groups in total. The first-order chi connectivity index (χ1) is 7.68. The number of nitrogens with one attached hydrogen (secondary N) is 1. The Bertz CT molecular complexity index is 500. The molecule has 1 heterocycles. The zero-order valence-electron chi connectivity index (χ0n) is 9.97. The van der Waals surface area contributed by atoms with Crippen molar-refractivity contribution in [2.24, 2.45) is 0 Å². The van der Waals surface area contributed by atoms with E-state index in [0.717, 1.165) is 11.5 Å². The number of carbonyl (C=O) groups excluding carboxylic acids is 1. The average Bonchev–Trinajstić information content (AvgIpc) is 2.60. The molecule has 0 unspecified atom stereocenters. The van der Waals surface area contributed by atoms with Gasteiger partial charge in [-0.15, -0.1) is 0 Å². The van der Waals surface area contributed by atoms with E-state index in [9.17, 15) is 4.79 Å². The van der Waals surface area contributed by atoms with E-state index in [1.807, 2.05) is 18.2 Å². The zero-order chi connectivity index (χ0) is 11.5. The SMILES string of the molecule is O=C(Nc1ccccc1)c1c([S-])nsc1[S-].[Na+].[Na+]. The molecule has 1 amide bonds. The van der Waals surface area contributed by atoms with Gasteiger partial charge in [0.05, 0.1) is 0 Å². The molecule has 3 nitrogen and oxygen atoms in total. The molecule has 0 saturated carbocycles. The van der Waals surface area contributed by atoms with Crippen LogP contribution in [0.2, 0.25) is 0 Å². The van der Waals surface area contributed by atoms with Crippen molar-refractivity contribution >= 4 is 48.4 Å². The fourth-order valence-corrected chi connectivity index (χ4v) is 2.44. The molecule has 82 valence electrons. The second-order valence-corrected chi connectivity index (χ2v) is 4.80. The van der Waals surface area contributed by atoms with Gasteiger partial charge in [0.2, 0.25) is 0 Å². The smallest absolute Gasteiger partial charge is 0.760 e. The molecule has 0 bridgehead atoms. The van der Waals surface area contributed by atoms with Crippen molar-refractivity contribution in [1.82, 2.24) is 4.37 Å². The first-order valence-electron chi connectivity index (χ1n) is 4.38. The normalized spacial score (nSPS) is 8.89. The minimum absolute atomic E-state index is 0. The number of benzene rings is 1. The van der Waals surface area contributed by atoms with Crippen molar-refractivity contribution in [3.8, 4) is 0 Å². The number of anilines is 1. The van der Waals surface area contributed by atoms with Crippen LogP contribution in [0.3, 0.4) is 0 Å². The number of aromatic nitrogens is 1. The van der Waals surface area contributed by atoms with Crippen molar-refractivity contribution in [3.63, 3.8) is 0 Å². The summed E-state index contributed by atoms with van der Waals surface area (Å²) in [6, 6.07) is 9.14. The maximum Gasteiger partial charge on any atom is 1.00 e. The molecule has 0 fully saturated rings. The van der Waals surface area contributed by atoms with Gasteiger partial charge in [0, 0.05) is 11.3 Å². The summed E-state index contributed by atoms with van der Waals surface area (Å²) in [4.78, 5) is 11.8. The third-order valence-corrected chi connectivity index (χ3v) is 3.37. The molecule has 0 aliphatic rings. The summed E-state index contributed by atoms with van der Waals surface area (Å²) in [6.07, 6.45) is 0. The molecule has 1 aromatic heterocycles. The van der Waals surface area contributed by atoms with Gasteiger partial charge in [-0.1, -0.05) is 27.4 Å². The Morgan fingerprint density at radius 3 is 2.28 bits per heavy atom. The quantitative estimate of drug-likeness (QED) is 0.456. The number of nitrogens with zero attached hydrogens (tertiary/aromatic N) is 1. The first kappa shape index (κ1) is 18.8. The van der Waals surface area contributed by atoms with Crippen LogP contribution in [0.15, 0.2) is 39.6 Å². The first-order valence-corrected chi connectivity index (χ1v) is 5.97. The van der Waals surface area contributed by atoms with Crippen molar-refractivity contribution in [2.75, 3.05) is 5.32 Å². The number of carbonyl (C=O) groups is 1. The van der Waals surface area contributed by atoms with Crippen molar-refractivity contribution in [3.05, 3.63) is 35.9 Å². The van der Waals surface area contributed by atoms with Crippen LogP contribution in [0.1, 0.15) is 10.4 Å². The van der Waals surface area contributed by atoms with Gasteiger partial charge in [0.15, 0.2) is 0 Å². The van der Waals surface area contributed by atoms with Crippen molar-refractivity contribution in [1.29, 1.82) is 0 Å². The van der Waals surface area contributed by atoms with E-state index < -0.39 is 0 Å². The van der Waals surface area contributed by atoms with Crippen LogP contribution in [-0.4, -0.2) is 10.3 Å². The summed E-state index contributed by atoms with van der Waals surface area (Å²) >= 11 is 11.0. The summed E-state index contributed by atoms with van der Waals surface area (Å²) in [5.41, 5.74) is 1.03. The van der Waals surface area contributed by atoms with Gasteiger partial charge in [-0.3, -0.25) is 16.3 Å². The second kappa shape index (κ2) is 8.84. The molecule has 2 rings (SSSR count). The molecule has 2 aromatic rings. The van der Waals surface area contributed by atoms with E-state index in [2.05, 4.69) is 9.69 Å². The Balaban J connectivity index is 0.00000144. The fourth-order valence-electron chi connectivity index (χ4n) is 1.17. The third-order valence-electron chi connectivity index (χ3n) is 1.89. The summed E-state index contributed by atoms with van der Waals surface area (Å²) in [6.45, 7) is 0. The van der Waals surface area contributed by atoms with Gasteiger partial charge in [0.1, 0.15) is 0 Å². The average molecular weight is 312 g/mol. The van der Waals surface area contributed by atoms with Crippen LogP contribution in [0.4, 0.5) is 5.69 Å². The number of hydrogen-bond donors (Lipinski definition) is 1. The number of para-hydroxylation sites is 1. The van der Waals surface area contributed by atoms with Crippen molar-refractivity contribution < 1.29 is 63.9 Å². The number of rotatable bonds is 2. The molecule has 0 aliphatic heterocycles. The van der Waals surface area contributed by atoms with Crippen LogP contribution < -0.4 is 64.4 Å². The molecule has 8 heteroatoms. The standard InChI is InChI=1S/C10H8N2OS3.2Na/c13-8(7-9(14)12-16-10(7)15)11-6-4-2-1-3-5-6;;/h1-5,15H,(H,11,13)(H,12,14);;/q;2*+1/p-2. The Labute approximate surface area is 165 Å². The molecular formula is C10H6N2Na2OS3. The van der Waals surface area contributed by atoms with Crippen LogP contribution in [-0.2, 0) is 25.3 Å². The Kier molecular flexibility index (Phi) is 9.21. The Hall–Kier alpha value is 0.760. The Morgan fingerprint density at radius 2 is 1.78 bits per heavy atom. The topological polar surface area (TPSA) is 42.0 Å². The van der Waals surface area contributed by atoms with Gasteiger partial charge in [-0.05, 0) is 12.1 Å². The van der Waals surface area contributed by atoms with E-state index in [1.165, 1.54) is 0 Å². The molecule has 0 atom stereocenters. The molecule has 0 radical (unpaired) electrons. The predicted molar refractivity (Wildman–Crippen MR) is 67.8 cm³/mol. The van der Waals surface area contributed by atoms with Crippen LogP contribution >= 0.6 is 11.5 Å². The van der Waals surface area contributed by atoms with Gasteiger partial charge < -0.3 is 34.9 Å². The molecule has 1 aromatic carbocycles. The molecule has 0 aliphatic carbocycles. The van der Waals surface area contributed by atoms with E-state index in [4.69, 9.17) is 25.3 Å². The zero-order valence-corrected chi connectivity index (χ0v) is 16.4.